The molecule has 0 atom stereocenters. The molecule has 0 spiro atoms. The highest BCUT2D eigenvalue weighted by Gasteiger charge is 2.09. The molecule has 7 heteroatoms. The van der Waals surface area contributed by atoms with Crippen LogP contribution >= 0.6 is 0 Å². The van der Waals surface area contributed by atoms with Crippen molar-refractivity contribution in [1.29, 1.82) is 0 Å². The smallest absolute Gasteiger partial charge is 0.251 e. The fourth-order valence-electron chi connectivity index (χ4n) is 1.46. The maximum absolute atomic E-state index is 11.9. The predicted molar refractivity (Wildman–Crippen MR) is 75.4 cm³/mol. The lowest BCUT2D eigenvalue weighted by molar-refractivity contribution is 0.0953. The van der Waals surface area contributed by atoms with E-state index >= 15 is 0 Å². The first-order valence-corrected chi connectivity index (χ1v) is 7.62. The van der Waals surface area contributed by atoms with E-state index in [9.17, 15) is 13.2 Å². The molecule has 1 rings (SSSR count). The Morgan fingerprint density at radius 1 is 1.32 bits per heavy atom. The molecular formula is C12H19N3O3S. The van der Waals surface area contributed by atoms with Gasteiger partial charge in [-0.05, 0) is 31.5 Å². The van der Waals surface area contributed by atoms with Gasteiger partial charge < -0.3 is 11.1 Å². The van der Waals surface area contributed by atoms with Crippen molar-refractivity contribution in [3.05, 3.63) is 29.3 Å². The molecule has 0 fully saturated rings. The lowest BCUT2D eigenvalue weighted by Gasteiger charge is -2.09. The number of hydrogen-bond acceptors (Lipinski definition) is 4. The number of aryl methyl sites for hydroxylation is 1. The van der Waals surface area contributed by atoms with Gasteiger partial charge in [-0.3, -0.25) is 4.79 Å². The molecule has 106 valence electrons. The van der Waals surface area contributed by atoms with E-state index in [1.54, 1.807) is 25.1 Å². The van der Waals surface area contributed by atoms with Crippen LogP contribution in [-0.2, 0) is 10.0 Å². The molecule has 0 saturated heterocycles. The number of rotatable bonds is 6. The van der Waals surface area contributed by atoms with Gasteiger partial charge in [-0.1, -0.05) is 6.07 Å². The zero-order valence-electron chi connectivity index (χ0n) is 11.1. The van der Waals surface area contributed by atoms with Crippen molar-refractivity contribution in [2.45, 2.75) is 13.8 Å². The summed E-state index contributed by atoms with van der Waals surface area (Å²) in [5, 5.41) is 2.64. The third-order valence-electron chi connectivity index (χ3n) is 2.62. The fraction of sp³-hybridized carbons (Fsp3) is 0.417. The first-order chi connectivity index (χ1) is 8.85. The van der Waals surface area contributed by atoms with Crippen LogP contribution in [0.4, 0.5) is 5.69 Å². The van der Waals surface area contributed by atoms with Crippen LogP contribution < -0.4 is 15.8 Å². The normalized spacial score (nSPS) is 11.3. The molecule has 1 aromatic rings. The molecule has 0 aliphatic carbocycles. The average molecular weight is 285 g/mol. The molecular weight excluding hydrogens is 266 g/mol. The summed E-state index contributed by atoms with van der Waals surface area (Å²) in [7, 11) is -3.22. The van der Waals surface area contributed by atoms with Crippen LogP contribution in [0.3, 0.4) is 0 Å². The van der Waals surface area contributed by atoms with Crippen molar-refractivity contribution in [3.8, 4) is 0 Å². The first kappa shape index (κ1) is 15.5. The maximum atomic E-state index is 11.9. The minimum absolute atomic E-state index is 0.0231. The minimum Gasteiger partial charge on any atom is -0.399 e. The third-order valence-corrected chi connectivity index (χ3v) is 4.02. The molecule has 0 aliphatic rings. The molecule has 0 aromatic heterocycles. The summed E-state index contributed by atoms with van der Waals surface area (Å²) in [5.74, 6) is -0.240. The van der Waals surface area contributed by atoms with Crippen LogP contribution in [0, 0.1) is 6.92 Å². The summed E-state index contributed by atoms with van der Waals surface area (Å²) >= 11 is 0. The Hall–Kier alpha value is -1.60. The first-order valence-electron chi connectivity index (χ1n) is 5.97. The molecule has 0 heterocycles. The third kappa shape index (κ3) is 4.88. The van der Waals surface area contributed by atoms with Crippen molar-refractivity contribution in [2.75, 3.05) is 24.6 Å². The standard InChI is InChI=1S/C12H19N3O3S/c1-3-19(17,18)15-7-6-14-12(16)11-8-10(13)5-4-9(11)2/h4-5,8,15H,3,6-7,13H2,1-2H3,(H,14,16). The molecule has 0 bridgehead atoms. The molecule has 1 aromatic carbocycles. The van der Waals surface area contributed by atoms with E-state index in [0.29, 0.717) is 11.3 Å². The fourth-order valence-corrected chi connectivity index (χ4v) is 2.08. The highest BCUT2D eigenvalue weighted by molar-refractivity contribution is 7.89. The van der Waals surface area contributed by atoms with Crippen LogP contribution in [0.15, 0.2) is 18.2 Å². The SMILES string of the molecule is CCS(=O)(=O)NCCNC(=O)c1cc(N)ccc1C. The van der Waals surface area contributed by atoms with Gasteiger partial charge in [-0.15, -0.1) is 0 Å². The Bertz CT molecular complexity index is 555. The highest BCUT2D eigenvalue weighted by Crippen LogP contribution is 2.12. The quantitative estimate of drug-likeness (QED) is 0.515. The summed E-state index contributed by atoms with van der Waals surface area (Å²) < 4.78 is 24.7. The second-order valence-electron chi connectivity index (χ2n) is 4.13. The minimum atomic E-state index is -3.22. The Labute approximate surface area is 113 Å². The van der Waals surface area contributed by atoms with E-state index in [2.05, 4.69) is 10.0 Å². The largest absolute Gasteiger partial charge is 0.399 e. The highest BCUT2D eigenvalue weighted by atomic mass is 32.2. The van der Waals surface area contributed by atoms with Crippen molar-refractivity contribution in [2.24, 2.45) is 0 Å². The molecule has 0 unspecified atom stereocenters. The molecule has 1 amide bonds. The number of carbonyl (C=O) groups excluding carboxylic acids is 1. The summed E-state index contributed by atoms with van der Waals surface area (Å²) in [5.41, 5.74) is 7.46. The van der Waals surface area contributed by atoms with Crippen LogP contribution in [0.1, 0.15) is 22.8 Å². The molecule has 0 saturated carbocycles. The molecule has 0 aliphatic heterocycles. The summed E-state index contributed by atoms with van der Waals surface area (Å²) in [6.07, 6.45) is 0. The maximum Gasteiger partial charge on any atom is 0.251 e. The Kier molecular flexibility index (Phi) is 5.31. The van der Waals surface area contributed by atoms with Gasteiger partial charge >= 0.3 is 0 Å². The van der Waals surface area contributed by atoms with Crippen LogP contribution in [0.2, 0.25) is 0 Å². The van der Waals surface area contributed by atoms with Gasteiger partial charge in [0, 0.05) is 24.3 Å². The van der Waals surface area contributed by atoms with Gasteiger partial charge in [0.1, 0.15) is 0 Å². The zero-order chi connectivity index (χ0) is 14.5. The molecule has 6 nitrogen and oxygen atoms in total. The number of nitrogens with one attached hydrogen (secondary N) is 2. The zero-order valence-corrected chi connectivity index (χ0v) is 11.9. The van der Waals surface area contributed by atoms with Crippen LogP contribution in [0.5, 0.6) is 0 Å². The van der Waals surface area contributed by atoms with Crippen molar-refractivity contribution in [1.82, 2.24) is 10.0 Å². The van der Waals surface area contributed by atoms with E-state index in [1.807, 2.05) is 6.92 Å². The van der Waals surface area contributed by atoms with Crippen LogP contribution in [0.25, 0.3) is 0 Å². The lowest BCUT2D eigenvalue weighted by Crippen LogP contribution is -2.35. The van der Waals surface area contributed by atoms with Gasteiger partial charge in [0.25, 0.3) is 5.91 Å². The molecule has 4 N–H and O–H groups in total. The van der Waals surface area contributed by atoms with Crippen molar-refractivity contribution in [3.63, 3.8) is 0 Å². The second kappa shape index (κ2) is 6.53. The van der Waals surface area contributed by atoms with Gasteiger partial charge in [-0.2, -0.15) is 0 Å². The molecule has 19 heavy (non-hydrogen) atoms. The predicted octanol–water partition coefficient (Wildman–Crippen LogP) is 0.246. The Morgan fingerprint density at radius 3 is 2.63 bits per heavy atom. The average Bonchev–Trinajstić information content (AvgIpc) is 2.37. The van der Waals surface area contributed by atoms with E-state index < -0.39 is 10.0 Å². The van der Waals surface area contributed by atoms with Crippen molar-refractivity contribution >= 4 is 21.6 Å². The monoisotopic (exact) mass is 285 g/mol. The summed E-state index contributed by atoms with van der Waals surface area (Å²) in [6, 6.07) is 5.09. The second-order valence-corrected chi connectivity index (χ2v) is 6.22. The van der Waals surface area contributed by atoms with E-state index in [-0.39, 0.29) is 24.7 Å². The van der Waals surface area contributed by atoms with Crippen molar-refractivity contribution < 1.29 is 13.2 Å². The number of nitrogens with two attached hydrogens (primary N) is 1. The number of benzene rings is 1. The number of carbonyl (C=O) groups is 1. The summed E-state index contributed by atoms with van der Waals surface area (Å²) in [6.45, 7) is 3.76. The number of nitrogen functional groups attached to an aromatic ring is 1. The Balaban J connectivity index is 2.50. The van der Waals surface area contributed by atoms with E-state index in [0.717, 1.165) is 5.56 Å². The van der Waals surface area contributed by atoms with Gasteiger partial charge in [0.2, 0.25) is 10.0 Å². The van der Waals surface area contributed by atoms with Gasteiger partial charge in [0.05, 0.1) is 5.75 Å². The molecule has 0 radical (unpaired) electrons. The number of sulfonamides is 1. The van der Waals surface area contributed by atoms with E-state index in [1.165, 1.54) is 0 Å². The summed E-state index contributed by atoms with van der Waals surface area (Å²) in [4.78, 5) is 11.9. The Morgan fingerprint density at radius 2 is 2.00 bits per heavy atom. The van der Waals surface area contributed by atoms with Gasteiger partial charge in [0.15, 0.2) is 0 Å². The number of amides is 1. The lowest BCUT2D eigenvalue weighted by atomic mass is 10.1. The van der Waals surface area contributed by atoms with E-state index in [4.69, 9.17) is 5.73 Å². The van der Waals surface area contributed by atoms with Gasteiger partial charge in [-0.25, -0.2) is 13.1 Å². The number of anilines is 1. The number of hydrogen-bond donors (Lipinski definition) is 3. The van der Waals surface area contributed by atoms with Crippen LogP contribution in [-0.4, -0.2) is 33.2 Å². The topological polar surface area (TPSA) is 101 Å².